The molecule has 0 radical (unpaired) electrons. The summed E-state index contributed by atoms with van der Waals surface area (Å²) >= 11 is 0. The van der Waals surface area contributed by atoms with E-state index >= 15 is 0 Å². The number of ether oxygens (including phenoxy) is 2. The number of aromatic nitrogens is 1. The normalized spacial score (nSPS) is 10.9. The average molecular weight is 408 g/mol. The van der Waals surface area contributed by atoms with Gasteiger partial charge in [-0.1, -0.05) is 11.2 Å². The van der Waals surface area contributed by atoms with Crippen molar-refractivity contribution >= 4 is 11.6 Å². The van der Waals surface area contributed by atoms with Crippen LogP contribution in [0.2, 0.25) is 0 Å². The maximum absolute atomic E-state index is 12.0. The first-order valence-electron chi connectivity index (χ1n) is 9.91. The van der Waals surface area contributed by atoms with Gasteiger partial charge in [0.1, 0.15) is 17.3 Å². The molecule has 0 bridgehead atoms. The Morgan fingerprint density at radius 3 is 2.33 bits per heavy atom. The molecule has 0 unspecified atom stereocenters. The number of aryl methyl sites for hydroxylation is 5. The minimum atomic E-state index is -0.0768. The Kier molecular flexibility index (Phi) is 6.57. The van der Waals surface area contributed by atoms with Crippen LogP contribution in [0.25, 0.3) is 11.1 Å². The molecule has 0 aliphatic rings. The van der Waals surface area contributed by atoms with Crippen LogP contribution in [0.1, 0.15) is 34.6 Å². The second-order valence-electron chi connectivity index (χ2n) is 7.57. The summed E-state index contributed by atoms with van der Waals surface area (Å²) in [5.74, 6) is 2.23. The standard InChI is InChI=1S/C24H28N2O4/c1-14-9-19(23-17(4)26-30-18(23)5)13-21(10-14)29-24-15(2)11-20(12-16(24)3)25-22(27)7-8-28-6/h9-13H,7-8H2,1-6H3,(H,25,27). The van der Waals surface area contributed by atoms with Crippen molar-refractivity contribution in [2.75, 3.05) is 19.0 Å². The summed E-state index contributed by atoms with van der Waals surface area (Å²) < 4.78 is 16.6. The van der Waals surface area contributed by atoms with Crippen LogP contribution in [-0.2, 0) is 9.53 Å². The molecule has 0 saturated carbocycles. The molecule has 30 heavy (non-hydrogen) atoms. The molecule has 3 aromatic rings. The SMILES string of the molecule is COCCC(=O)Nc1cc(C)c(Oc2cc(C)cc(-c3c(C)noc3C)c2)c(C)c1. The average Bonchev–Trinajstić information content (AvgIpc) is 3.01. The number of rotatable bonds is 7. The minimum Gasteiger partial charge on any atom is -0.457 e. The van der Waals surface area contributed by atoms with Crippen LogP contribution in [0.4, 0.5) is 5.69 Å². The topological polar surface area (TPSA) is 73.6 Å². The second-order valence-corrected chi connectivity index (χ2v) is 7.57. The maximum Gasteiger partial charge on any atom is 0.226 e. The molecule has 0 atom stereocenters. The first-order valence-corrected chi connectivity index (χ1v) is 9.91. The molecular weight excluding hydrogens is 380 g/mol. The Morgan fingerprint density at radius 1 is 1.03 bits per heavy atom. The molecule has 1 amide bonds. The van der Waals surface area contributed by atoms with Crippen LogP contribution in [0, 0.1) is 34.6 Å². The summed E-state index contributed by atoms with van der Waals surface area (Å²) in [5.41, 5.74) is 6.57. The fourth-order valence-corrected chi connectivity index (χ4v) is 3.57. The molecule has 3 rings (SSSR count). The quantitative estimate of drug-likeness (QED) is 0.547. The van der Waals surface area contributed by atoms with Crippen molar-refractivity contribution in [3.8, 4) is 22.6 Å². The fraction of sp³-hybridized carbons (Fsp3) is 0.333. The van der Waals surface area contributed by atoms with Crippen LogP contribution in [0.15, 0.2) is 34.9 Å². The van der Waals surface area contributed by atoms with E-state index in [1.807, 2.05) is 58.9 Å². The summed E-state index contributed by atoms with van der Waals surface area (Å²) in [6, 6.07) is 9.92. The molecule has 6 nitrogen and oxygen atoms in total. The first-order chi connectivity index (χ1) is 14.3. The molecule has 6 heteroatoms. The largest absolute Gasteiger partial charge is 0.457 e. The number of nitrogens with one attached hydrogen (secondary N) is 1. The number of methoxy groups -OCH3 is 1. The third-order valence-electron chi connectivity index (χ3n) is 4.87. The van der Waals surface area contributed by atoms with Gasteiger partial charge in [-0.25, -0.2) is 0 Å². The zero-order valence-electron chi connectivity index (χ0n) is 18.4. The molecule has 0 fully saturated rings. The van der Waals surface area contributed by atoms with E-state index in [4.69, 9.17) is 14.0 Å². The van der Waals surface area contributed by atoms with Gasteiger partial charge in [0.15, 0.2) is 0 Å². The van der Waals surface area contributed by atoms with Crippen LogP contribution in [-0.4, -0.2) is 24.8 Å². The van der Waals surface area contributed by atoms with Crippen molar-refractivity contribution < 1.29 is 18.8 Å². The third kappa shape index (κ3) is 4.89. The predicted molar refractivity (Wildman–Crippen MR) is 117 cm³/mol. The lowest BCUT2D eigenvalue weighted by Crippen LogP contribution is -2.13. The maximum atomic E-state index is 12.0. The van der Waals surface area contributed by atoms with E-state index in [-0.39, 0.29) is 5.91 Å². The number of anilines is 1. The predicted octanol–water partition coefficient (Wildman–Crippen LogP) is 5.65. The molecule has 2 aromatic carbocycles. The number of amides is 1. The third-order valence-corrected chi connectivity index (χ3v) is 4.87. The highest BCUT2D eigenvalue weighted by atomic mass is 16.5. The first kappa shape index (κ1) is 21.6. The molecule has 0 aliphatic carbocycles. The van der Waals surface area contributed by atoms with Gasteiger partial charge in [0.05, 0.1) is 18.7 Å². The zero-order valence-corrected chi connectivity index (χ0v) is 18.4. The van der Waals surface area contributed by atoms with E-state index in [1.54, 1.807) is 7.11 Å². The number of carbonyl (C=O) groups is 1. The lowest BCUT2D eigenvalue weighted by atomic mass is 10.0. The van der Waals surface area contributed by atoms with Crippen LogP contribution < -0.4 is 10.1 Å². The van der Waals surface area contributed by atoms with Crippen molar-refractivity contribution in [3.63, 3.8) is 0 Å². The molecule has 0 spiro atoms. The number of hydrogen-bond acceptors (Lipinski definition) is 5. The highest BCUT2D eigenvalue weighted by Gasteiger charge is 2.15. The van der Waals surface area contributed by atoms with Gasteiger partial charge in [0, 0.05) is 18.4 Å². The van der Waals surface area contributed by atoms with Gasteiger partial charge >= 0.3 is 0 Å². The van der Waals surface area contributed by atoms with Gasteiger partial charge in [0.25, 0.3) is 0 Å². The molecule has 158 valence electrons. The molecule has 1 aromatic heterocycles. The van der Waals surface area contributed by atoms with Gasteiger partial charge < -0.3 is 19.3 Å². The van der Waals surface area contributed by atoms with E-state index < -0.39 is 0 Å². The fourth-order valence-electron chi connectivity index (χ4n) is 3.57. The van der Waals surface area contributed by atoms with Crippen molar-refractivity contribution in [2.45, 2.75) is 41.0 Å². The number of hydrogen-bond donors (Lipinski definition) is 1. The number of nitrogens with zero attached hydrogens (tertiary/aromatic N) is 1. The summed E-state index contributed by atoms with van der Waals surface area (Å²) in [7, 11) is 1.58. The second kappa shape index (κ2) is 9.13. The highest BCUT2D eigenvalue weighted by Crippen LogP contribution is 2.35. The molecule has 0 aliphatic heterocycles. The minimum absolute atomic E-state index is 0.0768. The van der Waals surface area contributed by atoms with E-state index in [0.717, 1.165) is 56.5 Å². The van der Waals surface area contributed by atoms with Crippen molar-refractivity contribution in [3.05, 3.63) is 58.5 Å². The van der Waals surface area contributed by atoms with E-state index in [0.29, 0.717) is 13.0 Å². The lowest BCUT2D eigenvalue weighted by molar-refractivity contribution is -0.117. The monoisotopic (exact) mass is 408 g/mol. The molecule has 1 heterocycles. The van der Waals surface area contributed by atoms with E-state index in [1.165, 1.54) is 0 Å². The Hall–Kier alpha value is -3.12. The molecular formula is C24H28N2O4. The van der Waals surface area contributed by atoms with Crippen LogP contribution in [0.5, 0.6) is 11.5 Å². The Bertz CT molecular complexity index is 1030. The van der Waals surface area contributed by atoms with Crippen molar-refractivity contribution in [1.82, 2.24) is 5.16 Å². The molecule has 0 saturated heterocycles. The lowest BCUT2D eigenvalue weighted by Gasteiger charge is -2.16. The smallest absolute Gasteiger partial charge is 0.226 e. The van der Waals surface area contributed by atoms with Gasteiger partial charge in [-0.05, 0) is 81.1 Å². The van der Waals surface area contributed by atoms with Gasteiger partial charge in [0.2, 0.25) is 5.91 Å². The van der Waals surface area contributed by atoms with E-state index in [2.05, 4.69) is 16.5 Å². The summed E-state index contributed by atoms with van der Waals surface area (Å²) in [6.45, 7) is 10.2. The van der Waals surface area contributed by atoms with Gasteiger partial charge in [-0.3, -0.25) is 4.79 Å². The Balaban J connectivity index is 1.87. The van der Waals surface area contributed by atoms with Crippen LogP contribution >= 0.6 is 0 Å². The van der Waals surface area contributed by atoms with Crippen molar-refractivity contribution in [1.29, 1.82) is 0 Å². The summed E-state index contributed by atoms with van der Waals surface area (Å²) in [4.78, 5) is 12.0. The number of benzene rings is 2. The van der Waals surface area contributed by atoms with Crippen molar-refractivity contribution in [2.24, 2.45) is 0 Å². The van der Waals surface area contributed by atoms with Crippen LogP contribution in [0.3, 0.4) is 0 Å². The summed E-state index contributed by atoms with van der Waals surface area (Å²) in [6.07, 6.45) is 0.320. The Labute approximate surface area is 177 Å². The van der Waals surface area contributed by atoms with Gasteiger partial charge in [-0.2, -0.15) is 0 Å². The highest BCUT2D eigenvalue weighted by molar-refractivity contribution is 5.91. The Morgan fingerprint density at radius 2 is 1.73 bits per heavy atom. The zero-order chi connectivity index (χ0) is 21.8. The number of carbonyl (C=O) groups excluding carboxylic acids is 1. The van der Waals surface area contributed by atoms with E-state index in [9.17, 15) is 4.79 Å². The van der Waals surface area contributed by atoms with Gasteiger partial charge in [-0.15, -0.1) is 0 Å². The summed E-state index contributed by atoms with van der Waals surface area (Å²) in [5, 5.41) is 6.96. The molecule has 1 N–H and O–H groups in total.